The minimum Gasteiger partial charge on any atom is -0.360 e. The van der Waals surface area contributed by atoms with Crippen LogP contribution in [0.25, 0.3) is 11.3 Å². The Bertz CT molecular complexity index is 909. The molecule has 2 heterocycles. The van der Waals surface area contributed by atoms with E-state index in [-0.39, 0.29) is 5.91 Å². The van der Waals surface area contributed by atoms with Gasteiger partial charge in [-0.2, -0.15) is 0 Å². The van der Waals surface area contributed by atoms with E-state index >= 15 is 0 Å². The Hall–Kier alpha value is -2.24. The molecule has 1 aliphatic heterocycles. The smallest absolute Gasteiger partial charge is 0.233 e. The first-order chi connectivity index (χ1) is 12.7. The molecule has 0 saturated carbocycles. The van der Waals surface area contributed by atoms with E-state index in [1.54, 1.807) is 11.8 Å². The third-order valence-electron chi connectivity index (χ3n) is 4.40. The lowest BCUT2D eigenvalue weighted by Gasteiger charge is -2.26. The number of carbonyl (C=O) groups excluding carboxylic acids is 1. The summed E-state index contributed by atoms with van der Waals surface area (Å²) in [5, 5.41) is 4.91. The first-order valence-corrected chi connectivity index (χ1v) is 9.76. The summed E-state index contributed by atoms with van der Waals surface area (Å²) in [4.78, 5) is 15.6. The van der Waals surface area contributed by atoms with Crippen LogP contribution in [0.2, 0.25) is 5.02 Å². The van der Waals surface area contributed by atoms with Crippen molar-refractivity contribution >= 4 is 29.3 Å². The molecule has 3 aromatic rings. The molecule has 0 fully saturated rings. The largest absolute Gasteiger partial charge is 0.360 e. The van der Waals surface area contributed by atoms with Crippen LogP contribution in [-0.2, 0) is 17.8 Å². The van der Waals surface area contributed by atoms with Crippen molar-refractivity contribution in [3.8, 4) is 11.3 Å². The van der Waals surface area contributed by atoms with E-state index < -0.39 is 0 Å². The molecule has 1 amide bonds. The second-order valence-electron chi connectivity index (χ2n) is 6.11. The number of benzene rings is 2. The molecule has 0 radical (unpaired) electrons. The molecule has 4 rings (SSSR count). The summed E-state index contributed by atoms with van der Waals surface area (Å²) in [6.07, 6.45) is 0.692. The second-order valence-corrected chi connectivity index (χ2v) is 7.59. The summed E-state index contributed by atoms with van der Waals surface area (Å²) in [5.41, 5.74) is 2.74. The average Bonchev–Trinajstić information content (AvgIpc) is 3.11. The van der Waals surface area contributed by atoms with Gasteiger partial charge in [0.1, 0.15) is 11.5 Å². The van der Waals surface area contributed by atoms with Crippen LogP contribution >= 0.6 is 23.4 Å². The summed E-state index contributed by atoms with van der Waals surface area (Å²) in [7, 11) is 0. The van der Waals surface area contributed by atoms with Crippen molar-refractivity contribution in [3.05, 3.63) is 70.9 Å². The molecule has 4 nitrogen and oxygen atoms in total. The predicted octanol–water partition coefficient (Wildman–Crippen LogP) is 4.67. The van der Waals surface area contributed by atoms with Crippen LogP contribution in [0.5, 0.6) is 0 Å². The van der Waals surface area contributed by atoms with Crippen molar-refractivity contribution in [2.75, 3.05) is 12.3 Å². The lowest BCUT2D eigenvalue weighted by molar-refractivity contribution is -0.129. The van der Waals surface area contributed by atoms with E-state index in [0.29, 0.717) is 30.3 Å². The van der Waals surface area contributed by atoms with E-state index in [4.69, 9.17) is 16.1 Å². The molecule has 1 aliphatic rings. The fourth-order valence-corrected chi connectivity index (χ4v) is 3.96. The number of fused-ring (bicyclic) bond motifs is 1. The van der Waals surface area contributed by atoms with Gasteiger partial charge in [0.25, 0.3) is 0 Å². The van der Waals surface area contributed by atoms with E-state index in [1.165, 1.54) is 0 Å². The van der Waals surface area contributed by atoms with Gasteiger partial charge in [-0.3, -0.25) is 4.79 Å². The summed E-state index contributed by atoms with van der Waals surface area (Å²) < 4.78 is 5.50. The molecule has 6 heteroatoms. The molecule has 1 aromatic heterocycles. The van der Waals surface area contributed by atoms with Crippen molar-refractivity contribution in [2.45, 2.75) is 17.9 Å². The van der Waals surface area contributed by atoms with Gasteiger partial charge in [-0.05, 0) is 24.3 Å². The molecular formula is C20H17ClN2O2S. The predicted molar refractivity (Wildman–Crippen MR) is 103 cm³/mol. The number of hydrogen-bond donors (Lipinski definition) is 0. The number of thioether (sulfide) groups is 1. The van der Waals surface area contributed by atoms with Crippen molar-refractivity contribution < 1.29 is 9.32 Å². The van der Waals surface area contributed by atoms with E-state index in [9.17, 15) is 4.79 Å². The molecule has 132 valence electrons. The highest BCUT2D eigenvalue weighted by atomic mass is 35.5. The van der Waals surface area contributed by atoms with E-state index in [2.05, 4.69) is 5.16 Å². The van der Waals surface area contributed by atoms with Crippen molar-refractivity contribution in [1.82, 2.24) is 10.1 Å². The Morgan fingerprint density at radius 1 is 1.15 bits per heavy atom. The number of rotatable bonds is 4. The monoisotopic (exact) mass is 384 g/mol. The molecule has 0 saturated heterocycles. The second kappa shape index (κ2) is 7.56. The van der Waals surface area contributed by atoms with Crippen LogP contribution in [0.3, 0.4) is 0 Å². The van der Waals surface area contributed by atoms with E-state index in [0.717, 1.165) is 27.5 Å². The lowest BCUT2D eigenvalue weighted by Crippen LogP contribution is -2.36. The molecule has 0 spiro atoms. The number of hydrogen-bond acceptors (Lipinski definition) is 4. The van der Waals surface area contributed by atoms with Crippen LogP contribution in [0, 0.1) is 0 Å². The first-order valence-electron chi connectivity index (χ1n) is 8.39. The van der Waals surface area contributed by atoms with Gasteiger partial charge in [-0.15, -0.1) is 11.8 Å². The quantitative estimate of drug-likeness (QED) is 0.613. The van der Waals surface area contributed by atoms with Gasteiger partial charge in [-0.25, -0.2) is 0 Å². The van der Waals surface area contributed by atoms with Gasteiger partial charge in [0, 0.05) is 34.0 Å². The fraction of sp³-hybridized carbons (Fsp3) is 0.200. The first kappa shape index (κ1) is 17.2. The van der Waals surface area contributed by atoms with Gasteiger partial charge < -0.3 is 9.42 Å². The normalized spacial score (nSPS) is 13.5. The maximum Gasteiger partial charge on any atom is 0.233 e. The number of carbonyl (C=O) groups is 1. The Kier molecular flexibility index (Phi) is 5.00. The summed E-state index contributed by atoms with van der Waals surface area (Å²) in [5.74, 6) is 1.43. The Morgan fingerprint density at radius 2 is 1.92 bits per heavy atom. The highest BCUT2D eigenvalue weighted by molar-refractivity contribution is 8.00. The van der Waals surface area contributed by atoms with Gasteiger partial charge in [0.2, 0.25) is 5.91 Å². The highest BCUT2D eigenvalue weighted by Gasteiger charge is 2.27. The highest BCUT2D eigenvalue weighted by Crippen LogP contribution is 2.31. The minimum atomic E-state index is 0.132. The number of halogens is 1. The third kappa shape index (κ3) is 3.64. The van der Waals surface area contributed by atoms with Gasteiger partial charge in [-0.1, -0.05) is 47.1 Å². The SMILES string of the molecule is O=C(CSc1ccccc1)N1CCc2onc(-c3ccc(Cl)cc3)c2C1. The van der Waals surface area contributed by atoms with Crippen molar-refractivity contribution in [3.63, 3.8) is 0 Å². The van der Waals surface area contributed by atoms with Crippen molar-refractivity contribution in [2.24, 2.45) is 0 Å². The van der Waals surface area contributed by atoms with Crippen LogP contribution in [-0.4, -0.2) is 28.3 Å². The Morgan fingerprint density at radius 3 is 2.69 bits per heavy atom. The van der Waals surface area contributed by atoms with Crippen LogP contribution < -0.4 is 0 Å². The van der Waals surface area contributed by atoms with Gasteiger partial charge in [0.15, 0.2) is 0 Å². The summed E-state index contributed by atoms with van der Waals surface area (Å²) in [6, 6.07) is 17.5. The van der Waals surface area contributed by atoms with Gasteiger partial charge >= 0.3 is 0 Å². The van der Waals surface area contributed by atoms with E-state index in [1.807, 2.05) is 59.5 Å². The lowest BCUT2D eigenvalue weighted by atomic mass is 10.0. The topological polar surface area (TPSA) is 46.3 Å². The van der Waals surface area contributed by atoms with Crippen molar-refractivity contribution in [1.29, 1.82) is 0 Å². The molecule has 2 aromatic carbocycles. The minimum absolute atomic E-state index is 0.132. The molecular weight excluding hydrogens is 368 g/mol. The number of nitrogens with zero attached hydrogens (tertiary/aromatic N) is 2. The molecule has 0 bridgehead atoms. The molecule has 0 aliphatic carbocycles. The zero-order chi connectivity index (χ0) is 17.9. The molecule has 0 atom stereocenters. The summed E-state index contributed by atoms with van der Waals surface area (Å²) in [6.45, 7) is 1.20. The van der Waals surface area contributed by atoms with Crippen LogP contribution in [0.4, 0.5) is 0 Å². The Labute approximate surface area is 161 Å². The summed E-state index contributed by atoms with van der Waals surface area (Å²) >= 11 is 7.53. The molecule has 0 N–H and O–H groups in total. The maximum absolute atomic E-state index is 12.6. The third-order valence-corrected chi connectivity index (χ3v) is 5.65. The standard InChI is InChI=1S/C20H17ClN2O2S/c21-15-8-6-14(7-9-15)20-17-12-23(11-10-18(17)25-22-20)19(24)13-26-16-4-2-1-3-5-16/h1-9H,10-13H2. The zero-order valence-corrected chi connectivity index (χ0v) is 15.6. The maximum atomic E-state index is 12.6. The molecule has 26 heavy (non-hydrogen) atoms. The fourth-order valence-electron chi connectivity index (χ4n) is 3.01. The Balaban J connectivity index is 1.47. The number of aromatic nitrogens is 1. The zero-order valence-electron chi connectivity index (χ0n) is 14.0. The van der Waals surface area contributed by atoms with Crippen LogP contribution in [0.1, 0.15) is 11.3 Å². The van der Waals surface area contributed by atoms with Crippen LogP contribution in [0.15, 0.2) is 64.0 Å². The average molecular weight is 385 g/mol. The number of amides is 1. The van der Waals surface area contributed by atoms with Gasteiger partial charge in [0.05, 0.1) is 12.3 Å². The molecule has 0 unspecified atom stereocenters.